The largest absolute Gasteiger partial charge is 0.338 e. The summed E-state index contributed by atoms with van der Waals surface area (Å²) in [6.45, 7) is 3.45. The smallest absolute Gasteiger partial charge is 0.317 e. The molecule has 2 aromatic rings. The fraction of sp³-hybridized carbons (Fsp3) is 0.333. The quantitative estimate of drug-likeness (QED) is 0.840. The molecule has 0 spiro atoms. The molecular weight excluding hydrogens is 331 g/mol. The van der Waals surface area contributed by atoms with Crippen LogP contribution in [0.1, 0.15) is 30.1 Å². The van der Waals surface area contributed by atoms with Crippen LogP contribution in [0.4, 0.5) is 9.18 Å². The van der Waals surface area contributed by atoms with Crippen molar-refractivity contribution < 1.29 is 14.0 Å². The number of halogens is 1. The molecule has 1 aliphatic heterocycles. The Morgan fingerprint density at radius 3 is 2.65 bits per heavy atom. The minimum absolute atomic E-state index is 0.0995. The number of hydrogen-bond donors (Lipinski definition) is 1. The van der Waals surface area contributed by atoms with Crippen LogP contribution in [-0.2, 0) is 0 Å². The van der Waals surface area contributed by atoms with E-state index in [0.717, 1.165) is 18.4 Å². The highest BCUT2D eigenvalue weighted by atomic mass is 19.1. The highest BCUT2D eigenvalue weighted by Gasteiger charge is 2.29. The molecule has 1 fully saturated rings. The van der Waals surface area contributed by atoms with Gasteiger partial charge in [-0.15, -0.1) is 0 Å². The Labute approximate surface area is 153 Å². The maximum absolute atomic E-state index is 14.5. The van der Waals surface area contributed by atoms with E-state index in [0.29, 0.717) is 30.8 Å². The van der Waals surface area contributed by atoms with Gasteiger partial charge in [0.1, 0.15) is 5.82 Å². The van der Waals surface area contributed by atoms with Gasteiger partial charge in [0.05, 0.1) is 0 Å². The van der Waals surface area contributed by atoms with Gasteiger partial charge in [0, 0.05) is 36.7 Å². The number of carbonyl (C=O) groups is 2. The lowest BCUT2D eigenvalue weighted by Gasteiger charge is -2.32. The molecule has 4 nitrogen and oxygen atoms in total. The third-order valence-electron chi connectivity index (χ3n) is 4.75. The molecule has 5 heteroatoms. The SMILES string of the molecule is CCNC(=O)N1CCC[C@H](C(=O)c2ccc(-c3ccccc3)c(F)c2)C1. The highest BCUT2D eigenvalue weighted by molar-refractivity contribution is 5.98. The van der Waals surface area contributed by atoms with Crippen molar-refractivity contribution in [1.29, 1.82) is 0 Å². The van der Waals surface area contributed by atoms with E-state index in [1.165, 1.54) is 6.07 Å². The molecule has 1 atom stereocenters. The predicted octanol–water partition coefficient (Wildman–Crippen LogP) is 4.12. The normalized spacial score (nSPS) is 17.0. The third-order valence-corrected chi connectivity index (χ3v) is 4.75. The molecule has 1 aliphatic rings. The second-order valence-electron chi connectivity index (χ2n) is 6.55. The third kappa shape index (κ3) is 3.93. The Bertz CT molecular complexity index is 792. The standard InChI is InChI=1S/C21H23FN2O2/c1-2-23-21(26)24-12-6-9-17(14-24)20(25)16-10-11-18(19(22)13-16)15-7-4-3-5-8-15/h3-5,7-8,10-11,13,17H,2,6,9,12,14H2,1H3,(H,23,26)/t17-/m0/s1. The van der Waals surface area contributed by atoms with E-state index in [2.05, 4.69) is 5.32 Å². The Morgan fingerprint density at radius 1 is 1.19 bits per heavy atom. The monoisotopic (exact) mass is 354 g/mol. The average Bonchev–Trinajstić information content (AvgIpc) is 2.68. The number of piperidine rings is 1. The zero-order chi connectivity index (χ0) is 18.5. The zero-order valence-corrected chi connectivity index (χ0v) is 14.9. The van der Waals surface area contributed by atoms with Gasteiger partial charge in [0.2, 0.25) is 0 Å². The van der Waals surface area contributed by atoms with Crippen molar-refractivity contribution in [3.63, 3.8) is 0 Å². The second kappa shape index (κ2) is 8.13. The number of nitrogens with one attached hydrogen (secondary N) is 1. The van der Waals surface area contributed by atoms with Crippen molar-refractivity contribution >= 4 is 11.8 Å². The first-order chi connectivity index (χ1) is 12.6. The summed E-state index contributed by atoms with van der Waals surface area (Å²) in [5.41, 5.74) is 1.63. The lowest BCUT2D eigenvalue weighted by atomic mass is 9.89. The second-order valence-corrected chi connectivity index (χ2v) is 6.55. The van der Waals surface area contributed by atoms with E-state index in [1.54, 1.807) is 17.0 Å². The Morgan fingerprint density at radius 2 is 1.96 bits per heavy atom. The molecule has 0 aliphatic carbocycles. The van der Waals surface area contributed by atoms with Gasteiger partial charge in [-0.3, -0.25) is 4.79 Å². The summed E-state index contributed by atoms with van der Waals surface area (Å²) in [5.74, 6) is -0.788. The fourth-order valence-electron chi connectivity index (χ4n) is 3.39. The summed E-state index contributed by atoms with van der Waals surface area (Å²) in [6, 6.07) is 13.8. The van der Waals surface area contributed by atoms with Gasteiger partial charge in [0.15, 0.2) is 5.78 Å². The van der Waals surface area contributed by atoms with E-state index in [9.17, 15) is 14.0 Å². The summed E-state index contributed by atoms with van der Waals surface area (Å²) in [4.78, 5) is 26.5. The minimum Gasteiger partial charge on any atom is -0.338 e. The van der Waals surface area contributed by atoms with Crippen LogP contribution in [0.2, 0.25) is 0 Å². The van der Waals surface area contributed by atoms with E-state index < -0.39 is 5.82 Å². The summed E-state index contributed by atoms with van der Waals surface area (Å²) in [7, 11) is 0. The number of carbonyl (C=O) groups excluding carboxylic acids is 2. The Kier molecular flexibility index (Phi) is 5.66. The first-order valence-corrected chi connectivity index (χ1v) is 9.02. The molecule has 136 valence electrons. The summed E-state index contributed by atoms with van der Waals surface area (Å²) in [5, 5.41) is 2.76. The molecule has 1 saturated heterocycles. The van der Waals surface area contributed by atoms with E-state index in [1.807, 2.05) is 37.3 Å². The van der Waals surface area contributed by atoms with Gasteiger partial charge >= 0.3 is 6.03 Å². The average molecular weight is 354 g/mol. The Balaban J connectivity index is 1.75. The number of likely N-dealkylation sites (tertiary alicyclic amines) is 1. The lowest BCUT2D eigenvalue weighted by Crippen LogP contribution is -2.47. The van der Waals surface area contributed by atoms with Crippen molar-refractivity contribution in [3.05, 3.63) is 59.9 Å². The number of benzene rings is 2. The first kappa shape index (κ1) is 18.1. The Hall–Kier alpha value is -2.69. The van der Waals surface area contributed by atoms with Crippen LogP contribution in [0.15, 0.2) is 48.5 Å². The molecule has 0 aromatic heterocycles. The van der Waals surface area contributed by atoms with Crippen LogP contribution in [-0.4, -0.2) is 36.3 Å². The number of urea groups is 1. The van der Waals surface area contributed by atoms with Gasteiger partial charge in [-0.05, 0) is 31.4 Å². The van der Waals surface area contributed by atoms with Crippen molar-refractivity contribution in [1.82, 2.24) is 10.2 Å². The van der Waals surface area contributed by atoms with Crippen LogP contribution in [0.25, 0.3) is 11.1 Å². The number of Topliss-reactive ketones (excluding diaryl/α,β-unsaturated/α-hetero) is 1. The highest BCUT2D eigenvalue weighted by Crippen LogP contribution is 2.26. The van der Waals surface area contributed by atoms with Crippen molar-refractivity contribution in [2.75, 3.05) is 19.6 Å². The summed E-state index contributed by atoms with van der Waals surface area (Å²) < 4.78 is 14.5. The molecule has 1 N–H and O–H groups in total. The molecule has 26 heavy (non-hydrogen) atoms. The topological polar surface area (TPSA) is 49.4 Å². The van der Waals surface area contributed by atoms with Crippen molar-refractivity contribution in [3.8, 4) is 11.1 Å². The fourth-order valence-corrected chi connectivity index (χ4v) is 3.39. The molecular formula is C21H23FN2O2. The van der Waals surface area contributed by atoms with E-state index in [-0.39, 0.29) is 17.7 Å². The van der Waals surface area contributed by atoms with Crippen LogP contribution < -0.4 is 5.32 Å². The van der Waals surface area contributed by atoms with E-state index >= 15 is 0 Å². The van der Waals surface area contributed by atoms with Crippen LogP contribution in [0.3, 0.4) is 0 Å². The zero-order valence-electron chi connectivity index (χ0n) is 14.9. The number of ketones is 1. The number of nitrogens with zero attached hydrogens (tertiary/aromatic N) is 1. The minimum atomic E-state index is -0.404. The summed E-state index contributed by atoms with van der Waals surface area (Å²) in [6.07, 6.45) is 1.49. The van der Waals surface area contributed by atoms with Crippen LogP contribution in [0.5, 0.6) is 0 Å². The molecule has 0 bridgehead atoms. The molecule has 0 unspecified atom stereocenters. The van der Waals surface area contributed by atoms with Gasteiger partial charge in [0.25, 0.3) is 0 Å². The number of rotatable bonds is 4. The summed E-state index contributed by atoms with van der Waals surface area (Å²) >= 11 is 0. The lowest BCUT2D eigenvalue weighted by molar-refractivity contribution is 0.0845. The maximum Gasteiger partial charge on any atom is 0.317 e. The van der Waals surface area contributed by atoms with Gasteiger partial charge in [-0.2, -0.15) is 0 Å². The number of hydrogen-bond acceptors (Lipinski definition) is 2. The van der Waals surface area contributed by atoms with Crippen LogP contribution >= 0.6 is 0 Å². The maximum atomic E-state index is 14.5. The number of amides is 2. The molecule has 2 aromatic carbocycles. The molecule has 1 heterocycles. The molecule has 0 saturated carbocycles. The molecule has 0 radical (unpaired) electrons. The molecule has 3 rings (SSSR count). The van der Waals surface area contributed by atoms with Gasteiger partial charge in [-0.1, -0.05) is 42.5 Å². The predicted molar refractivity (Wildman–Crippen MR) is 99.5 cm³/mol. The first-order valence-electron chi connectivity index (χ1n) is 9.02. The van der Waals surface area contributed by atoms with Crippen LogP contribution in [0, 0.1) is 11.7 Å². The van der Waals surface area contributed by atoms with Gasteiger partial charge < -0.3 is 10.2 Å². The van der Waals surface area contributed by atoms with Crippen molar-refractivity contribution in [2.24, 2.45) is 5.92 Å². The van der Waals surface area contributed by atoms with E-state index in [4.69, 9.17) is 0 Å². The van der Waals surface area contributed by atoms with Crippen molar-refractivity contribution in [2.45, 2.75) is 19.8 Å². The van der Waals surface area contributed by atoms with Gasteiger partial charge in [-0.25, -0.2) is 9.18 Å². The molecule has 2 amide bonds.